The molecule has 0 aliphatic rings. The standard InChI is InChI=1S/C23H21N3O3S2/c1-3-25-19-8-6-5-7-17(19)18-13-15(9-11-20(18)25)24-31(28,29)16-10-12-21-22(14-16)30-23(27)26(21)4-2/h5-14,24H,3-4H2,1-2H3. The number of hydrogen-bond acceptors (Lipinski definition) is 4. The quantitative estimate of drug-likeness (QED) is 0.408. The van der Waals surface area contributed by atoms with Gasteiger partial charge in [-0.1, -0.05) is 29.5 Å². The third kappa shape index (κ3) is 3.14. The van der Waals surface area contributed by atoms with E-state index in [0.29, 0.717) is 16.9 Å². The number of benzene rings is 3. The third-order valence-corrected chi connectivity index (χ3v) is 7.93. The molecule has 0 saturated carbocycles. The van der Waals surface area contributed by atoms with Crippen LogP contribution in [0.5, 0.6) is 0 Å². The lowest BCUT2D eigenvalue weighted by atomic mass is 10.1. The summed E-state index contributed by atoms with van der Waals surface area (Å²) in [6.07, 6.45) is 0. The topological polar surface area (TPSA) is 73.1 Å². The number of rotatable bonds is 5. The molecule has 0 fully saturated rings. The first-order valence-electron chi connectivity index (χ1n) is 10.1. The van der Waals surface area contributed by atoms with E-state index in [1.807, 2.05) is 31.2 Å². The molecule has 158 valence electrons. The molecule has 2 heterocycles. The Morgan fingerprint density at radius 2 is 1.55 bits per heavy atom. The molecule has 5 rings (SSSR count). The van der Waals surface area contributed by atoms with Crippen molar-refractivity contribution in [2.24, 2.45) is 0 Å². The van der Waals surface area contributed by atoms with Crippen molar-refractivity contribution in [1.82, 2.24) is 9.13 Å². The maximum atomic E-state index is 13.1. The lowest BCUT2D eigenvalue weighted by Gasteiger charge is -2.09. The Hall–Kier alpha value is -3.10. The number of nitrogens with zero attached hydrogens (tertiary/aromatic N) is 2. The zero-order chi connectivity index (χ0) is 21.8. The van der Waals surface area contributed by atoms with Crippen molar-refractivity contribution in [3.63, 3.8) is 0 Å². The van der Waals surface area contributed by atoms with E-state index in [-0.39, 0.29) is 9.77 Å². The van der Waals surface area contributed by atoms with Crippen LogP contribution in [0.4, 0.5) is 5.69 Å². The molecule has 0 aliphatic carbocycles. The molecule has 0 radical (unpaired) electrons. The fraction of sp³-hybridized carbons (Fsp3) is 0.174. The predicted molar refractivity (Wildman–Crippen MR) is 128 cm³/mol. The van der Waals surface area contributed by atoms with Gasteiger partial charge in [-0.05, 0) is 56.3 Å². The van der Waals surface area contributed by atoms with Crippen molar-refractivity contribution >= 4 is 59.1 Å². The van der Waals surface area contributed by atoms with Gasteiger partial charge in [0, 0.05) is 40.6 Å². The van der Waals surface area contributed by atoms with E-state index in [1.54, 1.807) is 28.8 Å². The van der Waals surface area contributed by atoms with Gasteiger partial charge in [-0.15, -0.1) is 0 Å². The molecular weight excluding hydrogens is 430 g/mol. The van der Waals surface area contributed by atoms with Gasteiger partial charge in [0.1, 0.15) is 0 Å². The predicted octanol–water partition coefficient (Wildman–Crippen LogP) is 5.01. The second-order valence-corrected chi connectivity index (χ2v) is 10.0. The summed E-state index contributed by atoms with van der Waals surface area (Å²) in [6, 6.07) is 18.6. The largest absolute Gasteiger partial charge is 0.341 e. The Morgan fingerprint density at radius 3 is 2.32 bits per heavy atom. The molecular formula is C23H21N3O3S2. The van der Waals surface area contributed by atoms with E-state index in [1.165, 1.54) is 0 Å². The van der Waals surface area contributed by atoms with Gasteiger partial charge in [-0.3, -0.25) is 14.1 Å². The Balaban J connectivity index is 1.58. The average molecular weight is 452 g/mol. The molecule has 0 saturated heterocycles. The van der Waals surface area contributed by atoms with Gasteiger partial charge in [0.2, 0.25) is 0 Å². The van der Waals surface area contributed by atoms with E-state index >= 15 is 0 Å². The number of sulfonamides is 1. The van der Waals surface area contributed by atoms with Crippen molar-refractivity contribution < 1.29 is 8.42 Å². The molecule has 0 aliphatic heterocycles. The summed E-state index contributed by atoms with van der Waals surface area (Å²) >= 11 is 1.06. The highest BCUT2D eigenvalue weighted by Gasteiger charge is 2.18. The SMILES string of the molecule is CCn1c(=O)sc2cc(S(=O)(=O)Nc3ccc4c(c3)c3ccccc3n4CC)ccc21. The molecule has 3 aromatic carbocycles. The van der Waals surface area contributed by atoms with Crippen LogP contribution in [0.15, 0.2) is 70.4 Å². The van der Waals surface area contributed by atoms with Gasteiger partial charge in [-0.2, -0.15) is 0 Å². The minimum atomic E-state index is -3.80. The Bertz CT molecular complexity index is 1630. The average Bonchev–Trinajstić information content (AvgIpc) is 3.25. The summed E-state index contributed by atoms with van der Waals surface area (Å²) < 4.78 is 33.4. The fourth-order valence-electron chi connectivity index (χ4n) is 4.19. The first kappa shape index (κ1) is 19.8. The van der Waals surface area contributed by atoms with Crippen molar-refractivity contribution in [3.05, 3.63) is 70.3 Å². The lowest BCUT2D eigenvalue weighted by molar-refractivity contribution is 0.601. The van der Waals surface area contributed by atoms with Crippen LogP contribution in [-0.2, 0) is 23.1 Å². The van der Waals surface area contributed by atoms with Gasteiger partial charge in [0.15, 0.2) is 0 Å². The molecule has 2 aromatic heterocycles. The molecule has 0 unspecified atom stereocenters. The van der Waals surface area contributed by atoms with E-state index in [9.17, 15) is 13.2 Å². The summed E-state index contributed by atoms with van der Waals surface area (Å²) in [6.45, 7) is 5.37. The summed E-state index contributed by atoms with van der Waals surface area (Å²) in [5.41, 5.74) is 3.45. The van der Waals surface area contributed by atoms with Crippen LogP contribution >= 0.6 is 11.3 Å². The lowest BCUT2D eigenvalue weighted by Crippen LogP contribution is -2.13. The molecule has 1 N–H and O–H groups in total. The van der Waals surface area contributed by atoms with Crippen molar-refractivity contribution in [3.8, 4) is 0 Å². The maximum absolute atomic E-state index is 13.1. The summed E-state index contributed by atoms with van der Waals surface area (Å²) in [4.78, 5) is 12.1. The first-order chi connectivity index (χ1) is 14.9. The Labute approximate surface area is 183 Å². The number of hydrogen-bond donors (Lipinski definition) is 1. The van der Waals surface area contributed by atoms with Crippen LogP contribution in [0.2, 0.25) is 0 Å². The van der Waals surface area contributed by atoms with Crippen molar-refractivity contribution in [2.45, 2.75) is 31.8 Å². The van der Waals surface area contributed by atoms with E-state index in [2.05, 4.69) is 28.3 Å². The molecule has 0 bridgehead atoms. The van der Waals surface area contributed by atoms with E-state index in [0.717, 1.165) is 45.2 Å². The number of nitrogens with one attached hydrogen (secondary N) is 1. The molecule has 6 nitrogen and oxygen atoms in total. The van der Waals surface area contributed by atoms with E-state index < -0.39 is 10.0 Å². The van der Waals surface area contributed by atoms with Crippen LogP contribution in [-0.4, -0.2) is 17.6 Å². The molecule has 0 amide bonds. The van der Waals surface area contributed by atoms with Gasteiger partial charge in [0.05, 0.1) is 15.1 Å². The minimum Gasteiger partial charge on any atom is -0.341 e. The number of fused-ring (bicyclic) bond motifs is 4. The highest BCUT2D eigenvalue weighted by Crippen LogP contribution is 2.32. The highest BCUT2D eigenvalue weighted by molar-refractivity contribution is 7.92. The number of anilines is 1. The third-order valence-electron chi connectivity index (χ3n) is 5.61. The molecule has 0 atom stereocenters. The second-order valence-electron chi connectivity index (χ2n) is 7.34. The smallest absolute Gasteiger partial charge is 0.308 e. The minimum absolute atomic E-state index is 0.0854. The van der Waals surface area contributed by atoms with Crippen LogP contribution in [0.1, 0.15) is 13.8 Å². The van der Waals surface area contributed by atoms with Crippen LogP contribution in [0, 0.1) is 0 Å². The van der Waals surface area contributed by atoms with Gasteiger partial charge in [-0.25, -0.2) is 8.42 Å². The normalized spacial score (nSPS) is 12.2. The summed E-state index contributed by atoms with van der Waals surface area (Å²) in [7, 11) is -3.80. The number of aryl methyl sites for hydroxylation is 2. The molecule has 31 heavy (non-hydrogen) atoms. The summed E-state index contributed by atoms with van der Waals surface area (Å²) in [5.74, 6) is 0. The van der Waals surface area contributed by atoms with Gasteiger partial charge >= 0.3 is 4.87 Å². The van der Waals surface area contributed by atoms with Gasteiger partial charge in [0.25, 0.3) is 10.0 Å². The van der Waals surface area contributed by atoms with Crippen molar-refractivity contribution in [2.75, 3.05) is 4.72 Å². The molecule has 0 spiro atoms. The monoisotopic (exact) mass is 451 g/mol. The molecule has 8 heteroatoms. The highest BCUT2D eigenvalue weighted by atomic mass is 32.2. The zero-order valence-corrected chi connectivity index (χ0v) is 18.8. The fourth-order valence-corrected chi connectivity index (χ4v) is 6.33. The zero-order valence-electron chi connectivity index (χ0n) is 17.1. The van der Waals surface area contributed by atoms with Crippen molar-refractivity contribution in [1.29, 1.82) is 0 Å². The Morgan fingerprint density at radius 1 is 0.839 bits per heavy atom. The Kier molecular flexibility index (Phi) is 4.64. The van der Waals surface area contributed by atoms with Crippen LogP contribution in [0.3, 0.4) is 0 Å². The number of aromatic nitrogens is 2. The van der Waals surface area contributed by atoms with E-state index in [4.69, 9.17) is 0 Å². The summed E-state index contributed by atoms with van der Waals surface area (Å²) in [5, 5.41) is 2.10. The number of thiazole rings is 1. The van der Waals surface area contributed by atoms with Crippen LogP contribution < -0.4 is 9.60 Å². The number of para-hydroxylation sites is 1. The molecule has 5 aromatic rings. The van der Waals surface area contributed by atoms with Crippen LogP contribution in [0.25, 0.3) is 32.0 Å². The van der Waals surface area contributed by atoms with Gasteiger partial charge < -0.3 is 4.57 Å². The second kappa shape index (κ2) is 7.25. The first-order valence-corrected chi connectivity index (χ1v) is 12.4. The maximum Gasteiger partial charge on any atom is 0.308 e.